The molecule has 0 radical (unpaired) electrons. The third-order valence-corrected chi connectivity index (χ3v) is 4.85. The Morgan fingerprint density at radius 3 is 2.88 bits per heavy atom. The van der Waals surface area contributed by atoms with Gasteiger partial charge in [0.15, 0.2) is 11.6 Å². The second kappa shape index (κ2) is 8.04. The number of carbonyl (C=O) groups excluding carboxylic acids is 2. The highest BCUT2D eigenvalue weighted by Gasteiger charge is 2.25. The average Bonchev–Trinajstić information content (AvgIpc) is 3.02. The number of anilines is 1. The molecular formula is C16H14BrN3O3S. The second-order valence-corrected chi connectivity index (χ2v) is 6.55. The van der Waals surface area contributed by atoms with E-state index in [1.807, 2.05) is 19.1 Å². The van der Waals surface area contributed by atoms with E-state index in [4.69, 9.17) is 4.74 Å². The molecule has 0 unspecified atom stereocenters. The SMILES string of the molecule is CCOC(=O)c1csc([C@@H](C#N)C(=O)Nc2ccc(C)c(Br)c2)n1. The summed E-state index contributed by atoms with van der Waals surface area (Å²) < 4.78 is 5.71. The number of aryl methyl sites for hydroxylation is 1. The zero-order valence-electron chi connectivity index (χ0n) is 13.0. The maximum atomic E-state index is 12.3. The molecule has 1 heterocycles. The van der Waals surface area contributed by atoms with Crippen molar-refractivity contribution in [3.8, 4) is 6.07 Å². The summed E-state index contributed by atoms with van der Waals surface area (Å²) in [6, 6.07) is 7.28. The first-order valence-corrected chi connectivity index (χ1v) is 8.72. The number of halogens is 1. The number of nitrogens with one attached hydrogen (secondary N) is 1. The van der Waals surface area contributed by atoms with Gasteiger partial charge in [0.2, 0.25) is 5.91 Å². The molecule has 1 amide bonds. The number of hydrogen-bond donors (Lipinski definition) is 1. The fraction of sp³-hybridized carbons (Fsp3) is 0.250. The maximum Gasteiger partial charge on any atom is 0.357 e. The van der Waals surface area contributed by atoms with E-state index < -0.39 is 17.8 Å². The number of esters is 1. The van der Waals surface area contributed by atoms with Crippen molar-refractivity contribution in [1.82, 2.24) is 4.98 Å². The molecule has 24 heavy (non-hydrogen) atoms. The lowest BCUT2D eigenvalue weighted by Gasteiger charge is -2.09. The van der Waals surface area contributed by atoms with E-state index in [1.165, 1.54) is 5.38 Å². The second-order valence-electron chi connectivity index (χ2n) is 4.81. The van der Waals surface area contributed by atoms with E-state index in [2.05, 4.69) is 26.2 Å². The van der Waals surface area contributed by atoms with Crippen molar-refractivity contribution in [2.24, 2.45) is 0 Å². The largest absolute Gasteiger partial charge is 0.461 e. The third-order valence-electron chi connectivity index (χ3n) is 3.08. The average molecular weight is 408 g/mol. The molecule has 0 saturated carbocycles. The molecule has 1 atom stereocenters. The Morgan fingerprint density at radius 1 is 1.50 bits per heavy atom. The normalized spacial score (nSPS) is 11.4. The van der Waals surface area contributed by atoms with Crippen LogP contribution in [0.5, 0.6) is 0 Å². The van der Waals surface area contributed by atoms with Gasteiger partial charge < -0.3 is 10.1 Å². The third kappa shape index (κ3) is 4.19. The number of carbonyl (C=O) groups is 2. The number of amides is 1. The van der Waals surface area contributed by atoms with E-state index in [9.17, 15) is 14.9 Å². The summed E-state index contributed by atoms with van der Waals surface area (Å²) in [6.45, 7) is 3.85. The monoisotopic (exact) mass is 407 g/mol. The summed E-state index contributed by atoms with van der Waals surface area (Å²) in [7, 11) is 0. The van der Waals surface area contributed by atoms with Gasteiger partial charge in [-0.2, -0.15) is 5.26 Å². The van der Waals surface area contributed by atoms with Gasteiger partial charge >= 0.3 is 5.97 Å². The highest BCUT2D eigenvalue weighted by atomic mass is 79.9. The van der Waals surface area contributed by atoms with Crippen LogP contribution in [0.4, 0.5) is 5.69 Å². The summed E-state index contributed by atoms with van der Waals surface area (Å²) in [5, 5.41) is 13.7. The summed E-state index contributed by atoms with van der Waals surface area (Å²) in [4.78, 5) is 28.0. The van der Waals surface area contributed by atoms with Crippen molar-refractivity contribution in [3.63, 3.8) is 0 Å². The highest BCUT2D eigenvalue weighted by molar-refractivity contribution is 9.10. The minimum atomic E-state index is -1.10. The van der Waals surface area contributed by atoms with Gasteiger partial charge in [-0.15, -0.1) is 11.3 Å². The van der Waals surface area contributed by atoms with Crippen LogP contribution in [-0.2, 0) is 9.53 Å². The topological polar surface area (TPSA) is 92.1 Å². The molecule has 124 valence electrons. The van der Waals surface area contributed by atoms with Gasteiger partial charge in [0, 0.05) is 15.5 Å². The van der Waals surface area contributed by atoms with E-state index >= 15 is 0 Å². The van der Waals surface area contributed by atoms with Gasteiger partial charge in [0.1, 0.15) is 5.01 Å². The standard InChI is InChI=1S/C16H14BrN3O3S/c1-3-23-16(22)13-8-24-15(20-13)11(7-18)14(21)19-10-5-4-9(2)12(17)6-10/h4-6,8,11H,3H2,1-2H3,(H,19,21)/t11-/m0/s1. The number of benzene rings is 1. The molecule has 0 aliphatic heterocycles. The molecule has 0 bridgehead atoms. The lowest BCUT2D eigenvalue weighted by molar-refractivity contribution is -0.116. The van der Waals surface area contributed by atoms with Crippen molar-refractivity contribution >= 4 is 44.8 Å². The van der Waals surface area contributed by atoms with Gasteiger partial charge in [-0.25, -0.2) is 9.78 Å². The van der Waals surface area contributed by atoms with Gasteiger partial charge in [-0.3, -0.25) is 4.79 Å². The number of nitrogens with zero attached hydrogens (tertiary/aromatic N) is 2. The maximum absolute atomic E-state index is 12.3. The van der Waals surface area contributed by atoms with Crippen LogP contribution in [0.1, 0.15) is 33.9 Å². The van der Waals surface area contributed by atoms with Crippen LogP contribution in [-0.4, -0.2) is 23.5 Å². The van der Waals surface area contributed by atoms with E-state index in [0.29, 0.717) is 5.69 Å². The van der Waals surface area contributed by atoms with Crippen molar-refractivity contribution in [3.05, 3.63) is 44.3 Å². The molecule has 8 heteroatoms. The molecular weight excluding hydrogens is 394 g/mol. The number of thiazole rings is 1. The molecule has 2 aromatic rings. The Kier molecular flexibility index (Phi) is 6.06. The first-order valence-electron chi connectivity index (χ1n) is 7.05. The minimum Gasteiger partial charge on any atom is -0.461 e. The molecule has 0 aliphatic rings. The molecule has 2 rings (SSSR count). The van der Waals surface area contributed by atoms with Crippen LogP contribution < -0.4 is 5.32 Å². The van der Waals surface area contributed by atoms with Crippen molar-refractivity contribution < 1.29 is 14.3 Å². The van der Waals surface area contributed by atoms with Gasteiger partial charge in [-0.1, -0.05) is 22.0 Å². The molecule has 6 nitrogen and oxygen atoms in total. The highest BCUT2D eigenvalue weighted by Crippen LogP contribution is 2.24. The molecule has 0 fully saturated rings. The van der Waals surface area contributed by atoms with Crippen LogP contribution >= 0.6 is 27.3 Å². The van der Waals surface area contributed by atoms with Crippen LogP contribution in [0.3, 0.4) is 0 Å². The van der Waals surface area contributed by atoms with E-state index in [1.54, 1.807) is 19.1 Å². The Balaban J connectivity index is 2.16. The summed E-state index contributed by atoms with van der Waals surface area (Å²) in [6.07, 6.45) is 0. The van der Waals surface area contributed by atoms with Crippen LogP contribution in [0, 0.1) is 18.3 Å². The number of ether oxygens (including phenoxy) is 1. The molecule has 0 aliphatic carbocycles. The zero-order valence-corrected chi connectivity index (χ0v) is 15.4. The minimum absolute atomic E-state index is 0.1000. The predicted molar refractivity (Wildman–Crippen MR) is 93.9 cm³/mol. The number of nitriles is 1. The van der Waals surface area contributed by atoms with Crippen molar-refractivity contribution in [2.45, 2.75) is 19.8 Å². The fourth-order valence-electron chi connectivity index (χ4n) is 1.83. The summed E-state index contributed by atoms with van der Waals surface area (Å²) in [5.74, 6) is -2.17. The molecule has 0 spiro atoms. The Labute approximate surface area is 151 Å². The smallest absolute Gasteiger partial charge is 0.357 e. The number of hydrogen-bond acceptors (Lipinski definition) is 6. The Hall–Kier alpha value is -2.24. The van der Waals surface area contributed by atoms with Crippen LogP contribution in [0.15, 0.2) is 28.1 Å². The van der Waals surface area contributed by atoms with Crippen LogP contribution in [0.25, 0.3) is 0 Å². The van der Waals surface area contributed by atoms with Gasteiger partial charge in [0.05, 0.1) is 12.7 Å². The fourth-order valence-corrected chi connectivity index (χ4v) is 3.04. The predicted octanol–water partition coefficient (Wildman–Crippen LogP) is 3.64. The first kappa shape index (κ1) is 18.1. The summed E-state index contributed by atoms with van der Waals surface area (Å²) >= 11 is 4.47. The lowest BCUT2D eigenvalue weighted by Crippen LogP contribution is -2.20. The van der Waals surface area contributed by atoms with Crippen LogP contribution in [0.2, 0.25) is 0 Å². The van der Waals surface area contributed by atoms with E-state index in [-0.39, 0.29) is 17.3 Å². The number of rotatable bonds is 5. The molecule has 1 aromatic heterocycles. The van der Waals surface area contributed by atoms with Gasteiger partial charge in [-0.05, 0) is 31.5 Å². The van der Waals surface area contributed by atoms with Crippen molar-refractivity contribution in [1.29, 1.82) is 5.26 Å². The summed E-state index contributed by atoms with van der Waals surface area (Å²) in [5.41, 5.74) is 1.70. The lowest BCUT2D eigenvalue weighted by atomic mass is 10.1. The van der Waals surface area contributed by atoms with Gasteiger partial charge in [0.25, 0.3) is 0 Å². The quantitative estimate of drug-likeness (QED) is 0.763. The molecule has 0 saturated heterocycles. The first-order chi connectivity index (χ1) is 11.5. The molecule has 1 aromatic carbocycles. The Bertz CT molecular complexity index is 813. The zero-order chi connectivity index (χ0) is 17.7. The number of aromatic nitrogens is 1. The molecule has 1 N–H and O–H groups in total. The van der Waals surface area contributed by atoms with Crippen molar-refractivity contribution in [2.75, 3.05) is 11.9 Å². The van der Waals surface area contributed by atoms with E-state index in [0.717, 1.165) is 21.4 Å². The Morgan fingerprint density at radius 2 is 2.25 bits per heavy atom.